The highest BCUT2D eigenvalue weighted by Gasteiger charge is 2.32. The van der Waals surface area contributed by atoms with E-state index in [4.69, 9.17) is 19.5 Å². The second-order valence-electron chi connectivity index (χ2n) is 2.32. The third-order valence-corrected chi connectivity index (χ3v) is 1.39. The summed E-state index contributed by atoms with van der Waals surface area (Å²) in [6, 6.07) is 1.99. The van der Waals surface area contributed by atoms with Crippen LogP contribution in [0.5, 0.6) is 0 Å². The Morgan fingerprint density at radius 1 is 1.00 bits per heavy atom. The lowest BCUT2D eigenvalue weighted by Gasteiger charge is -2.29. The first-order valence-corrected chi connectivity index (χ1v) is 4.53. The van der Waals surface area contributed by atoms with Gasteiger partial charge in [-0.15, -0.1) is 0 Å². The van der Waals surface area contributed by atoms with Gasteiger partial charge in [0.15, 0.2) is 0 Å². The van der Waals surface area contributed by atoms with Crippen LogP contribution in [0.4, 0.5) is 0 Å². The molecule has 0 saturated carbocycles. The summed E-state index contributed by atoms with van der Waals surface area (Å²) in [7, 11) is 0. The zero-order valence-corrected chi connectivity index (χ0v) is 8.50. The maximum Gasteiger partial charge on any atom is 0.296 e. The van der Waals surface area contributed by atoms with Gasteiger partial charge in [-0.3, -0.25) is 0 Å². The Morgan fingerprint density at radius 3 is 1.62 bits per heavy atom. The molecule has 0 saturated heterocycles. The Hall–Kier alpha value is -0.630. The molecule has 13 heavy (non-hydrogen) atoms. The summed E-state index contributed by atoms with van der Waals surface area (Å²) >= 11 is 0. The van der Waals surface area contributed by atoms with E-state index in [1.165, 1.54) is 0 Å². The van der Waals surface area contributed by atoms with Crippen LogP contribution >= 0.6 is 0 Å². The van der Waals surface area contributed by atoms with Crippen LogP contribution < -0.4 is 0 Å². The lowest BCUT2D eigenvalue weighted by Crippen LogP contribution is -2.39. The normalized spacial score (nSPS) is 11.2. The molecule has 0 unspecified atom stereocenters. The van der Waals surface area contributed by atoms with Crippen molar-refractivity contribution in [3.8, 4) is 6.07 Å². The Kier molecular flexibility index (Phi) is 6.51. The molecule has 4 heteroatoms. The highest BCUT2D eigenvalue weighted by atomic mass is 16.9. The van der Waals surface area contributed by atoms with E-state index in [0.29, 0.717) is 19.8 Å². The second-order valence-corrected chi connectivity index (χ2v) is 2.32. The number of hydrogen-bond donors (Lipinski definition) is 0. The van der Waals surface area contributed by atoms with Crippen LogP contribution in [0.3, 0.4) is 0 Å². The van der Waals surface area contributed by atoms with E-state index in [0.717, 1.165) is 0 Å². The van der Waals surface area contributed by atoms with Gasteiger partial charge in [0, 0.05) is 19.8 Å². The first-order chi connectivity index (χ1) is 6.24. The molecule has 0 aromatic carbocycles. The van der Waals surface area contributed by atoms with E-state index in [9.17, 15) is 0 Å². The van der Waals surface area contributed by atoms with E-state index in [1.807, 2.05) is 26.8 Å². The van der Waals surface area contributed by atoms with Gasteiger partial charge in [0.1, 0.15) is 6.42 Å². The Bertz CT molecular complexity index is 148. The van der Waals surface area contributed by atoms with Gasteiger partial charge < -0.3 is 14.2 Å². The number of nitrogens with zero attached hydrogens (tertiary/aromatic N) is 1. The van der Waals surface area contributed by atoms with Gasteiger partial charge in [0.2, 0.25) is 0 Å². The summed E-state index contributed by atoms with van der Waals surface area (Å²) < 4.78 is 15.9. The van der Waals surface area contributed by atoms with Crippen molar-refractivity contribution >= 4 is 0 Å². The lowest BCUT2D eigenvalue weighted by molar-refractivity contribution is -0.373. The van der Waals surface area contributed by atoms with Crippen molar-refractivity contribution in [3.05, 3.63) is 0 Å². The number of nitriles is 1. The van der Waals surface area contributed by atoms with E-state index < -0.39 is 5.97 Å². The zero-order chi connectivity index (χ0) is 10.2. The molecule has 0 aliphatic carbocycles. The van der Waals surface area contributed by atoms with E-state index in [1.54, 1.807) is 0 Å². The molecule has 0 aromatic heterocycles. The van der Waals surface area contributed by atoms with Crippen LogP contribution in [0, 0.1) is 11.3 Å². The fourth-order valence-corrected chi connectivity index (χ4v) is 1.03. The minimum atomic E-state index is -1.16. The predicted octanol–water partition coefficient (Wildman–Crippen LogP) is 1.66. The molecule has 0 aromatic rings. The van der Waals surface area contributed by atoms with E-state index in [2.05, 4.69) is 0 Å². The number of ether oxygens (including phenoxy) is 3. The van der Waals surface area contributed by atoms with Crippen molar-refractivity contribution in [2.45, 2.75) is 33.2 Å². The quantitative estimate of drug-likeness (QED) is 0.569. The van der Waals surface area contributed by atoms with Crippen molar-refractivity contribution in [2.24, 2.45) is 0 Å². The van der Waals surface area contributed by atoms with Crippen molar-refractivity contribution in [1.82, 2.24) is 0 Å². The van der Waals surface area contributed by atoms with Crippen molar-refractivity contribution < 1.29 is 14.2 Å². The summed E-state index contributed by atoms with van der Waals surface area (Å²) in [5.41, 5.74) is 0. The first-order valence-electron chi connectivity index (χ1n) is 4.53. The summed E-state index contributed by atoms with van der Waals surface area (Å²) in [5, 5.41) is 8.59. The predicted molar refractivity (Wildman–Crippen MR) is 47.8 cm³/mol. The van der Waals surface area contributed by atoms with Crippen molar-refractivity contribution in [3.63, 3.8) is 0 Å². The van der Waals surface area contributed by atoms with E-state index in [-0.39, 0.29) is 6.42 Å². The summed E-state index contributed by atoms with van der Waals surface area (Å²) in [4.78, 5) is 0. The highest BCUT2D eigenvalue weighted by Crippen LogP contribution is 2.19. The molecule has 0 radical (unpaired) electrons. The van der Waals surface area contributed by atoms with Crippen LogP contribution in [-0.2, 0) is 14.2 Å². The SMILES string of the molecule is CCOC(CC#N)(OCC)OCC. The molecule has 0 amide bonds. The van der Waals surface area contributed by atoms with Crippen molar-refractivity contribution in [2.75, 3.05) is 19.8 Å². The Balaban J connectivity index is 4.29. The molecule has 0 bridgehead atoms. The van der Waals surface area contributed by atoms with Crippen LogP contribution in [0.1, 0.15) is 27.2 Å². The van der Waals surface area contributed by atoms with Crippen LogP contribution in [0.15, 0.2) is 0 Å². The molecule has 0 fully saturated rings. The van der Waals surface area contributed by atoms with Gasteiger partial charge in [0.05, 0.1) is 6.07 Å². The summed E-state index contributed by atoms with van der Waals surface area (Å²) in [5.74, 6) is -1.16. The maximum absolute atomic E-state index is 8.59. The lowest BCUT2D eigenvalue weighted by atomic mass is 10.4. The molecular weight excluding hydrogens is 170 g/mol. The third-order valence-electron chi connectivity index (χ3n) is 1.39. The molecule has 0 rings (SSSR count). The molecule has 0 heterocycles. The van der Waals surface area contributed by atoms with Gasteiger partial charge in [-0.1, -0.05) is 0 Å². The summed E-state index contributed by atoms with van der Waals surface area (Å²) in [6.45, 7) is 6.89. The topological polar surface area (TPSA) is 51.5 Å². The standard InChI is InChI=1S/C9H17NO3/c1-4-11-9(7-8-10,12-5-2)13-6-3/h4-7H2,1-3H3. The third kappa shape index (κ3) is 4.23. The zero-order valence-electron chi connectivity index (χ0n) is 8.50. The molecule has 0 N–H and O–H groups in total. The molecule has 0 aliphatic heterocycles. The smallest absolute Gasteiger partial charge is 0.296 e. The minimum absolute atomic E-state index is 0.0858. The molecule has 0 atom stereocenters. The van der Waals surface area contributed by atoms with Crippen LogP contribution in [-0.4, -0.2) is 25.8 Å². The number of rotatable bonds is 7. The van der Waals surface area contributed by atoms with Crippen LogP contribution in [0.25, 0.3) is 0 Å². The fourth-order valence-electron chi connectivity index (χ4n) is 1.03. The first kappa shape index (κ1) is 12.4. The minimum Gasteiger partial charge on any atom is -0.327 e. The maximum atomic E-state index is 8.59. The molecule has 4 nitrogen and oxygen atoms in total. The van der Waals surface area contributed by atoms with Gasteiger partial charge in [-0.05, 0) is 20.8 Å². The summed E-state index contributed by atoms with van der Waals surface area (Å²) in [6.07, 6.45) is 0.0858. The van der Waals surface area contributed by atoms with E-state index >= 15 is 0 Å². The second kappa shape index (κ2) is 6.84. The molecule has 0 aliphatic rings. The Labute approximate surface area is 79.4 Å². The van der Waals surface area contributed by atoms with Gasteiger partial charge >= 0.3 is 0 Å². The van der Waals surface area contributed by atoms with Gasteiger partial charge in [0.25, 0.3) is 5.97 Å². The van der Waals surface area contributed by atoms with Gasteiger partial charge in [-0.2, -0.15) is 5.26 Å². The number of hydrogen-bond acceptors (Lipinski definition) is 4. The highest BCUT2D eigenvalue weighted by molar-refractivity contribution is 4.77. The monoisotopic (exact) mass is 187 g/mol. The fraction of sp³-hybridized carbons (Fsp3) is 0.889. The van der Waals surface area contributed by atoms with Gasteiger partial charge in [-0.25, -0.2) is 0 Å². The average Bonchev–Trinajstić information content (AvgIpc) is 2.06. The molecule has 0 spiro atoms. The largest absolute Gasteiger partial charge is 0.327 e. The van der Waals surface area contributed by atoms with Crippen LogP contribution in [0.2, 0.25) is 0 Å². The average molecular weight is 187 g/mol. The molecule has 76 valence electrons. The van der Waals surface area contributed by atoms with Crippen molar-refractivity contribution in [1.29, 1.82) is 5.26 Å². The molecular formula is C9H17NO3. The Morgan fingerprint density at radius 2 is 1.38 bits per heavy atom.